The van der Waals surface area contributed by atoms with Crippen LogP contribution >= 0.6 is 11.3 Å². The number of nitrogens with zero attached hydrogens (tertiary/aromatic N) is 1. The standard InChI is InChI=1S/C11H19N5OS/c1-2-14-11-16-9(12)8(18-11)10(17)15-7-3-5-13-6-4-7/h7,13H,2-6,12H2,1H3,(H,14,16)(H,15,17). The number of aromatic nitrogens is 1. The Morgan fingerprint density at radius 2 is 2.28 bits per heavy atom. The zero-order valence-corrected chi connectivity index (χ0v) is 11.3. The summed E-state index contributed by atoms with van der Waals surface area (Å²) in [5.41, 5.74) is 5.76. The van der Waals surface area contributed by atoms with E-state index in [1.807, 2.05) is 6.92 Å². The van der Waals surface area contributed by atoms with Crippen LogP contribution < -0.4 is 21.7 Å². The van der Waals surface area contributed by atoms with E-state index in [2.05, 4.69) is 20.9 Å². The molecule has 0 saturated carbocycles. The van der Waals surface area contributed by atoms with E-state index in [1.54, 1.807) is 0 Å². The van der Waals surface area contributed by atoms with E-state index < -0.39 is 0 Å². The number of nitrogen functional groups attached to an aromatic ring is 1. The molecule has 0 unspecified atom stereocenters. The summed E-state index contributed by atoms with van der Waals surface area (Å²) in [6, 6.07) is 0.239. The summed E-state index contributed by atoms with van der Waals surface area (Å²) >= 11 is 1.31. The Balaban J connectivity index is 1.99. The lowest BCUT2D eigenvalue weighted by atomic mass is 10.1. The first kappa shape index (κ1) is 13.1. The van der Waals surface area contributed by atoms with Gasteiger partial charge in [-0.05, 0) is 32.9 Å². The predicted molar refractivity (Wildman–Crippen MR) is 74.0 cm³/mol. The third-order valence-electron chi connectivity index (χ3n) is 2.86. The summed E-state index contributed by atoms with van der Waals surface area (Å²) < 4.78 is 0. The van der Waals surface area contributed by atoms with Crippen molar-refractivity contribution in [2.75, 3.05) is 30.7 Å². The smallest absolute Gasteiger partial charge is 0.265 e. The molecular formula is C11H19N5OS. The van der Waals surface area contributed by atoms with Crippen LogP contribution in [0.15, 0.2) is 0 Å². The normalized spacial score (nSPS) is 16.5. The number of hydrogen-bond donors (Lipinski definition) is 4. The first-order chi connectivity index (χ1) is 8.70. The summed E-state index contributed by atoms with van der Waals surface area (Å²) in [5.74, 6) is 0.198. The molecule has 0 spiro atoms. The van der Waals surface area contributed by atoms with Gasteiger partial charge < -0.3 is 21.7 Å². The monoisotopic (exact) mass is 269 g/mol. The SMILES string of the molecule is CCNc1nc(N)c(C(=O)NC2CCNCC2)s1. The summed E-state index contributed by atoms with van der Waals surface area (Å²) in [4.78, 5) is 16.7. The van der Waals surface area contributed by atoms with Crippen LogP contribution in [0.4, 0.5) is 10.9 Å². The van der Waals surface area contributed by atoms with Crippen molar-refractivity contribution < 1.29 is 4.79 Å². The van der Waals surface area contributed by atoms with Crippen LogP contribution in [0.25, 0.3) is 0 Å². The Kier molecular flexibility index (Phi) is 4.38. The molecule has 1 saturated heterocycles. The Bertz CT molecular complexity index is 414. The maximum Gasteiger partial charge on any atom is 0.265 e. The molecule has 1 amide bonds. The number of piperidine rings is 1. The lowest BCUT2D eigenvalue weighted by molar-refractivity contribution is 0.0934. The first-order valence-corrected chi connectivity index (χ1v) is 7.04. The molecule has 0 aromatic carbocycles. The Labute approximate surface area is 110 Å². The molecule has 7 heteroatoms. The number of nitrogens with two attached hydrogens (primary N) is 1. The fraction of sp³-hybridized carbons (Fsp3) is 0.636. The number of amides is 1. The van der Waals surface area contributed by atoms with Gasteiger partial charge in [0.25, 0.3) is 5.91 Å². The van der Waals surface area contributed by atoms with Gasteiger partial charge in [0, 0.05) is 12.6 Å². The van der Waals surface area contributed by atoms with Gasteiger partial charge in [0.05, 0.1) is 0 Å². The lowest BCUT2D eigenvalue weighted by Crippen LogP contribution is -2.42. The molecule has 1 aliphatic heterocycles. The molecule has 5 N–H and O–H groups in total. The highest BCUT2D eigenvalue weighted by Crippen LogP contribution is 2.24. The molecule has 100 valence electrons. The number of hydrogen-bond acceptors (Lipinski definition) is 6. The summed E-state index contributed by atoms with van der Waals surface area (Å²) in [6.45, 7) is 4.65. The fourth-order valence-electron chi connectivity index (χ4n) is 1.94. The van der Waals surface area contributed by atoms with Crippen LogP contribution in [0, 0.1) is 0 Å². The van der Waals surface area contributed by atoms with Gasteiger partial charge in [-0.2, -0.15) is 0 Å². The minimum absolute atomic E-state index is 0.110. The maximum atomic E-state index is 12.1. The van der Waals surface area contributed by atoms with Crippen LogP contribution in [0.2, 0.25) is 0 Å². The summed E-state index contributed by atoms with van der Waals surface area (Å²) in [7, 11) is 0. The van der Waals surface area contributed by atoms with Crippen molar-refractivity contribution in [3.05, 3.63) is 4.88 Å². The molecule has 1 fully saturated rings. The number of rotatable bonds is 4. The molecule has 18 heavy (non-hydrogen) atoms. The van der Waals surface area contributed by atoms with Gasteiger partial charge >= 0.3 is 0 Å². The molecule has 2 heterocycles. The molecule has 0 atom stereocenters. The predicted octanol–water partition coefficient (Wildman–Crippen LogP) is 0.639. The van der Waals surface area contributed by atoms with E-state index in [4.69, 9.17) is 5.73 Å². The van der Waals surface area contributed by atoms with Crippen molar-refractivity contribution in [1.29, 1.82) is 0 Å². The van der Waals surface area contributed by atoms with Crippen LogP contribution in [0.3, 0.4) is 0 Å². The zero-order valence-electron chi connectivity index (χ0n) is 10.5. The van der Waals surface area contributed by atoms with E-state index in [0.29, 0.717) is 15.8 Å². The quantitative estimate of drug-likeness (QED) is 0.644. The van der Waals surface area contributed by atoms with E-state index in [-0.39, 0.29) is 11.9 Å². The van der Waals surface area contributed by atoms with Gasteiger partial charge in [0.15, 0.2) is 5.13 Å². The highest BCUT2D eigenvalue weighted by atomic mass is 32.1. The summed E-state index contributed by atoms with van der Waals surface area (Å²) in [6.07, 6.45) is 1.93. The second kappa shape index (κ2) is 6.01. The molecule has 1 aliphatic rings. The minimum Gasteiger partial charge on any atom is -0.382 e. The lowest BCUT2D eigenvalue weighted by Gasteiger charge is -2.23. The second-order valence-electron chi connectivity index (χ2n) is 4.26. The number of thiazole rings is 1. The number of anilines is 2. The Hall–Kier alpha value is -1.34. The van der Waals surface area contributed by atoms with Crippen LogP contribution in [0.5, 0.6) is 0 Å². The molecule has 6 nitrogen and oxygen atoms in total. The van der Waals surface area contributed by atoms with Crippen LogP contribution in [-0.4, -0.2) is 36.6 Å². The van der Waals surface area contributed by atoms with Gasteiger partial charge in [0.2, 0.25) is 0 Å². The molecule has 2 rings (SSSR count). The van der Waals surface area contributed by atoms with Gasteiger partial charge in [-0.25, -0.2) is 4.98 Å². The topological polar surface area (TPSA) is 92.1 Å². The highest BCUT2D eigenvalue weighted by molar-refractivity contribution is 7.18. The largest absolute Gasteiger partial charge is 0.382 e. The van der Waals surface area contributed by atoms with Crippen LogP contribution in [0.1, 0.15) is 29.4 Å². The van der Waals surface area contributed by atoms with E-state index in [9.17, 15) is 4.79 Å². The van der Waals surface area contributed by atoms with Crippen molar-refractivity contribution >= 4 is 28.2 Å². The second-order valence-corrected chi connectivity index (χ2v) is 5.26. The summed E-state index contributed by atoms with van der Waals surface area (Å²) in [5, 5.41) is 10.0. The maximum absolute atomic E-state index is 12.1. The Morgan fingerprint density at radius 3 is 2.94 bits per heavy atom. The van der Waals surface area contributed by atoms with Crippen molar-refractivity contribution in [2.24, 2.45) is 0 Å². The minimum atomic E-state index is -0.110. The van der Waals surface area contributed by atoms with Gasteiger partial charge in [0.1, 0.15) is 10.7 Å². The average Bonchev–Trinajstić information content (AvgIpc) is 2.72. The van der Waals surface area contributed by atoms with E-state index in [0.717, 1.165) is 32.5 Å². The third kappa shape index (κ3) is 3.11. The number of nitrogens with one attached hydrogen (secondary N) is 3. The van der Waals surface area contributed by atoms with Crippen molar-refractivity contribution in [1.82, 2.24) is 15.6 Å². The average molecular weight is 269 g/mol. The van der Waals surface area contributed by atoms with E-state index >= 15 is 0 Å². The number of carbonyl (C=O) groups is 1. The molecule has 0 radical (unpaired) electrons. The van der Waals surface area contributed by atoms with Crippen LogP contribution in [-0.2, 0) is 0 Å². The Morgan fingerprint density at radius 1 is 1.56 bits per heavy atom. The molecule has 1 aromatic rings. The highest BCUT2D eigenvalue weighted by Gasteiger charge is 2.20. The third-order valence-corrected chi connectivity index (χ3v) is 3.89. The fourth-order valence-corrected chi connectivity index (χ4v) is 2.79. The van der Waals surface area contributed by atoms with Gasteiger partial charge in [-0.1, -0.05) is 11.3 Å². The number of carbonyl (C=O) groups excluding carboxylic acids is 1. The van der Waals surface area contributed by atoms with Gasteiger partial charge in [-0.15, -0.1) is 0 Å². The van der Waals surface area contributed by atoms with Crippen molar-refractivity contribution in [3.63, 3.8) is 0 Å². The molecule has 0 bridgehead atoms. The molecular weight excluding hydrogens is 250 g/mol. The first-order valence-electron chi connectivity index (χ1n) is 6.22. The van der Waals surface area contributed by atoms with Crippen molar-refractivity contribution in [2.45, 2.75) is 25.8 Å². The zero-order chi connectivity index (χ0) is 13.0. The van der Waals surface area contributed by atoms with E-state index in [1.165, 1.54) is 11.3 Å². The van der Waals surface area contributed by atoms with Gasteiger partial charge in [-0.3, -0.25) is 4.79 Å². The molecule has 1 aromatic heterocycles. The molecule has 0 aliphatic carbocycles. The van der Waals surface area contributed by atoms with Crippen molar-refractivity contribution in [3.8, 4) is 0 Å².